The molecule has 3 rings (SSSR count). The quantitative estimate of drug-likeness (QED) is 0.410. The number of hydrogen-bond donors (Lipinski definition) is 1. The van der Waals surface area contributed by atoms with Crippen molar-refractivity contribution in [1.29, 1.82) is 0 Å². The fraction of sp³-hybridized carbons (Fsp3) is 0.0588. The number of phenols is 1. The van der Waals surface area contributed by atoms with Gasteiger partial charge in [-0.3, -0.25) is 9.69 Å². The van der Waals surface area contributed by atoms with E-state index in [-0.39, 0.29) is 11.7 Å². The molecule has 0 aliphatic carbocycles. The largest absolute Gasteiger partial charge is 0.504 e. The summed E-state index contributed by atoms with van der Waals surface area (Å²) in [7, 11) is 1.49. The summed E-state index contributed by atoms with van der Waals surface area (Å²) in [6.07, 6.45) is 1.76. The summed E-state index contributed by atoms with van der Waals surface area (Å²) in [5.41, 5.74) is 1.52. The number of nitrogens with zero attached hydrogens (tertiary/aromatic N) is 1. The van der Waals surface area contributed by atoms with Crippen LogP contribution in [0.2, 0.25) is 0 Å². The number of ether oxygens (including phenoxy) is 1. The zero-order valence-corrected chi connectivity index (χ0v) is 16.3. The summed E-state index contributed by atoms with van der Waals surface area (Å²) >= 11 is 8.63. The van der Waals surface area contributed by atoms with Crippen molar-refractivity contribution in [1.82, 2.24) is 0 Å². The highest BCUT2D eigenvalue weighted by molar-refractivity contribution is 14.1. The summed E-state index contributed by atoms with van der Waals surface area (Å²) in [4.78, 5) is 14.8. The second-order valence-electron chi connectivity index (χ2n) is 4.91. The van der Waals surface area contributed by atoms with Crippen LogP contribution in [0.3, 0.4) is 0 Å². The molecule has 1 heterocycles. The summed E-state index contributed by atoms with van der Waals surface area (Å²) in [5, 5.41) is 9.91. The van der Waals surface area contributed by atoms with Crippen LogP contribution in [0.25, 0.3) is 6.08 Å². The Morgan fingerprint density at radius 3 is 2.67 bits per heavy atom. The van der Waals surface area contributed by atoms with Crippen molar-refractivity contribution in [3.05, 3.63) is 56.5 Å². The minimum Gasteiger partial charge on any atom is -0.504 e. The number of hydrogen-bond acceptors (Lipinski definition) is 5. The number of phenolic OH excluding ortho intramolecular Hbond substituents is 1. The highest BCUT2D eigenvalue weighted by Gasteiger charge is 2.33. The molecule has 1 aliphatic rings. The fourth-order valence-corrected chi connectivity index (χ4v) is 4.18. The number of thioether (sulfide) groups is 1. The SMILES string of the molecule is COc1cc(/C=C2/SC(=S)N(c3ccccc3)C2=O)cc(I)c1O. The summed E-state index contributed by atoms with van der Waals surface area (Å²) in [6, 6.07) is 12.8. The lowest BCUT2D eigenvalue weighted by molar-refractivity contribution is -0.113. The van der Waals surface area contributed by atoms with Crippen LogP contribution in [0.5, 0.6) is 11.5 Å². The van der Waals surface area contributed by atoms with Gasteiger partial charge in [-0.2, -0.15) is 0 Å². The summed E-state index contributed by atoms with van der Waals surface area (Å²) < 4.78 is 6.31. The van der Waals surface area contributed by atoms with Gasteiger partial charge in [-0.25, -0.2) is 0 Å². The monoisotopic (exact) mass is 469 g/mol. The second kappa shape index (κ2) is 7.12. The van der Waals surface area contributed by atoms with Crippen molar-refractivity contribution in [3.63, 3.8) is 0 Å². The zero-order chi connectivity index (χ0) is 17.3. The molecule has 2 aromatic rings. The average Bonchev–Trinajstić information content (AvgIpc) is 2.85. The van der Waals surface area contributed by atoms with Gasteiger partial charge in [-0.15, -0.1) is 0 Å². The molecule has 1 N–H and O–H groups in total. The predicted octanol–water partition coefficient (Wildman–Crippen LogP) is 4.41. The number of carbonyl (C=O) groups is 1. The standard InChI is InChI=1S/C17H12INO3S2/c1-22-13-8-10(7-12(18)15(13)20)9-14-16(21)19(17(23)24-14)11-5-3-2-4-6-11/h2-9,20H,1H3/b14-9+. The van der Waals surface area contributed by atoms with E-state index in [0.29, 0.717) is 18.5 Å². The molecule has 0 aromatic heterocycles. The van der Waals surface area contributed by atoms with Crippen molar-refractivity contribution in [3.8, 4) is 11.5 Å². The predicted molar refractivity (Wildman–Crippen MR) is 109 cm³/mol. The molecule has 2 aromatic carbocycles. The van der Waals surface area contributed by atoms with E-state index < -0.39 is 0 Å². The first-order valence-electron chi connectivity index (χ1n) is 6.91. The van der Waals surface area contributed by atoms with E-state index in [2.05, 4.69) is 0 Å². The first-order valence-corrected chi connectivity index (χ1v) is 9.21. The number of thiocarbonyl (C=S) groups is 1. The molecule has 0 atom stereocenters. The van der Waals surface area contributed by atoms with Gasteiger partial charge in [0.15, 0.2) is 15.8 Å². The van der Waals surface area contributed by atoms with Crippen LogP contribution in [-0.4, -0.2) is 22.4 Å². The number of carbonyl (C=O) groups excluding carboxylic acids is 1. The molecule has 1 fully saturated rings. The van der Waals surface area contributed by atoms with Gasteiger partial charge < -0.3 is 9.84 Å². The minimum absolute atomic E-state index is 0.0899. The van der Waals surface area contributed by atoms with Gasteiger partial charge in [0.2, 0.25) is 0 Å². The third kappa shape index (κ3) is 3.28. The molecular weight excluding hydrogens is 457 g/mol. The third-order valence-corrected chi connectivity index (χ3v) is 5.50. The van der Waals surface area contributed by atoms with Gasteiger partial charge in [0, 0.05) is 0 Å². The van der Waals surface area contributed by atoms with Crippen LogP contribution in [0, 0.1) is 3.57 Å². The lowest BCUT2D eigenvalue weighted by Gasteiger charge is -2.13. The summed E-state index contributed by atoms with van der Waals surface area (Å²) in [5.74, 6) is 0.303. The normalized spacial score (nSPS) is 16.1. The van der Waals surface area contributed by atoms with Gasteiger partial charge in [-0.1, -0.05) is 42.2 Å². The molecule has 0 bridgehead atoms. The highest BCUT2D eigenvalue weighted by Crippen LogP contribution is 2.38. The Morgan fingerprint density at radius 1 is 1.29 bits per heavy atom. The van der Waals surface area contributed by atoms with Crippen LogP contribution in [0.15, 0.2) is 47.4 Å². The number of para-hydroxylation sites is 1. The first kappa shape index (κ1) is 17.2. The number of anilines is 1. The maximum absolute atomic E-state index is 12.7. The van der Waals surface area contributed by atoms with Gasteiger partial charge in [0.1, 0.15) is 0 Å². The smallest absolute Gasteiger partial charge is 0.270 e. The van der Waals surface area contributed by atoms with Crippen LogP contribution in [0.4, 0.5) is 5.69 Å². The number of methoxy groups -OCH3 is 1. The Balaban J connectivity index is 1.97. The van der Waals surface area contributed by atoms with E-state index in [1.165, 1.54) is 23.8 Å². The lowest BCUT2D eigenvalue weighted by Crippen LogP contribution is -2.27. The summed E-state index contributed by atoms with van der Waals surface area (Å²) in [6.45, 7) is 0. The molecule has 0 unspecified atom stereocenters. The van der Waals surface area contributed by atoms with E-state index in [4.69, 9.17) is 17.0 Å². The van der Waals surface area contributed by atoms with E-state index in [1.807, 2.05) is 52.9 Å². The van der Waals surface area contributed by atoms with Gasteiger partial charge in [-0.05, 0) is 58.5 Å². The topological polar surface area (TPSA) is 49.8 Å². The van der Waals surface area contributed by atoms with Crippen LogP contribution in [0.1, 0.15) is 5.56 Å². The van der Waals surface area contributed by atoms with E-state index in [9.17, 15) is 9.90 Å². The highest BCUT2D eigenvalue weighted by atomic mass is 127. The Hall–Kier alpha value is -1.58. The number of rotatable bonds is 3. The Morgan fingerprint density at radius 2 is 2.00 bits per heavy atom. The third-order valence-electron chi connectivity index (χ3n) is 3.38. The number of benzene rings is 2. The number of halogens is 1. The van der Waals surface area contributed by atoms with Crippen molar-refractivity contribution >= 4 is 68.6 Å². The molecule has 0 spiro atoms. The molecular formula is C17H12INO3S2. The van der Waals surface area contributed by atoms with Crippen molar-refractivity contribution in [2.45, 2.75) is 0 Å². The van der Waals surface area contributed by atoms with Crippen molar-refractivity contribution in [2.24, 2.45) is 0 Å². The van der Waals surface area contributed by atoms with E-state index in [1.54, 1.807) is 18.2 Å². The molecule has 4 nitrogen and oxygen atoms in total. The molecule has 122 valence electrons. The van der Waals surface area contributed by atoms with Crippen LogP contribution in [-0.2, 0) is 4.79 Å². The maximum atomic E-state index is 12.7. The maximum Gasteiger partial charge on any atom is 0.270 e. The molecule has 0 saturated carbocycles. The fourth-order valence-electron chi connectivity index (χ4n) is 2.25. The van der Waals surface area contributed by atoms with Crippen molar-refractivity contribution in [2.75, 3.05) is 12.0 Å². The molecule has 1 aliphatic heterocycles. The molecule has 7 heteroatoms. The zero-order valence-electron chi connectivity index (χ0n) is 12.5. The van der Waals surface area contributed by atoms with E-state index in [0.717, 1.165) is 11.3 Å². The van der Waals surface area contributed by atoms with Crippen molar-refractivity contribution < 1.29 is 14.6 Å². The lowest BCUT2D eigenvalue weighted by atomic mass is 10.2. The average molecular weight is 469 g/mol. The van der Waals surface area contributed by atoms with Gasteiger partial charge >= 0.3 is 0 Å². The number of amides is 1. The number of aromatic hydroxyl groups is 1. The van der Waals surface area contributed by atoms with Crippen LogP contribution < -0.4 is 9.64 Å². The van der Waals surface area contributed by atoms with Gasteiger partial charge in [0.25, 0.3) is 5.91 Å². The molecule has 0 radical (unpaired) electrons. The Bertz CT molecular complexity index is 852. The minimum atomic E-state index is -0.154. The van der Waals surface area contributed by atoms with Crippen LogP contribution >= 0.6 is 46.6 Å². The Kier molecular flexibility index (Phi) is 5.12. The second-order valence-corrected chi connectivity index (χ2v) is 7.74. The van der Waals surface area contributed by atoms with E-state index >= 15 is 0 Å². The molecule has 1 saturated heterocycles. The Labute approximate surface area is 162 Å². The molecule has 24 heavy (non-hydrogen) atoms. The molecule has 1 amide bonds. The van der Waals surface area contributed by atoms with Gasteiger partial charge in [0.05, 0.1) is 21.3 Å². The first-order chi connectivity index (χ1) is 11.5.